The van der Waals surface area contributed by atoms with E-state index in [9.17, 15) is 0 Å². The van der Waals surface area contributed by atoms with Crippen molar-refractivity contribution in [2.75, 3.05) is 0 Å². The molecule has 0 heterocycles. The molecule has 5 aromatic carbocycles. The summed E-state index contributed by atoms with van der Waals surface area (Å²) in [6, 6.07) is 51.7. The monoisotopic (exact) mass is 538 g/mol. The predicted octanol–water partition coefficient (Wildman–Crippen LogP) is 4.54. The Balaban J connectivity index is 0.00000289. The average Bonchev–Trinajstić information content (AvgIpc) is 2.92. The number of ether oxygens (including phenoxy) is 1. The molecule has 0 aliphatic heterocycles. The van der Waals surface area contributed by atoms with E-state index < -0.39 is 7.26 Å². The van der Waals surface area contributed by atoms with Gasteiger partial charge in [-0.15, -0.1) is 0 Å². The van der Waals surface area contributed by atoms with Crippen LogP contribution in [0.1, 0.15) is 18.1 Å². The van der Waals surface area contributed by atoms with Crippen molar-refractivity contribution >= 4 is 23.2 Å². The average molecular weight is 539 g/mol. The summed E-state index contributed by atoms with van der Waals surface area (Å²) in [5.41, 5.74) is 1.53. The van der Waals surface area contributed by atoms with Crippen molar-refractivity contribution < 1.29 is 21.7 Å². The van der Waals surface area contributed by atoms with Crippen LogP contribution >= 0.6 is 7.26 Å². The molecule has 0 saturated heterocycles. The SMILES string of the molecule is CC(c1cccc(Oc2ccccc2)c1)[P+](c1ccccc1)(c1ccccc1)c1ccccc1.[Br-]. The van der Waals surface area contributed by atoms with Crippen LogP contribution in [-0.2, 0) is 0 Å². The predicted molar refractivity (Wildman–Crippen MR) is 147 cm³/mol. The van der Waals surface area contributed by atoms with E-state index in [-0.39, 0.29) is 22.6 Å². The van der Waals surface area contributed by atoms with Crippen molar-refractivity contribution in [3.63, 3.8) is 0 Å². The molecule has 1 atom stereocenters. The van der Waals surface area contributed by atoms with Crippen LogP contribution in [0.25, 0.3) is 0 Å². The number of para-hydroxylation sites is 1. The Bertz CT molecular complexity index is 1230. The maximum Gasteiger partial charge on any atom is 0.127 e. The van der Waals surface area contributed by atoms with Gasteiger partial charge < -0.3 is 21.7 Å². The quantitative estimate of drug-likeness (QED) is 0.276. The standard InChI is InChI=1S/C32H28OP.BrH/c1-26(27-15-14-18-29(25-27)33-28-16-6-2-7-17-28)34(30-19-8-3-9-20-30,31-21-10-4-11-22-31)32-23-12-5-13-24-32;/h2-26H,1H3;1H/q+1;/p-1. The molecule has 0 N–H and O–H groups in total. The van der Waals surface area contributed by atoms with Crippen molar-refractivity contribution in [1.29, 1.82) is 0 Å². The maximum atomic E-state index is 6.21. The molecule has 0 saturated carbocycles. The second kappa shape index (κ2) is 11.5. The minimum Gasteiger partial charge on any atom is -1.00 e. The zero-order chi connectivity index (χ0) is 23.2. The first kappa shape index (κ1) is 24.9. The molecule has 1 unspecified atom stereocenters. The summed E-state index contributed by atoms with van der Waals surface area (Å²) in [6.45, 7) is 2.38. The second-order valence-electron chi connectivity index (χ2n) is 8.39. The summed E-state index contributed by atoms with van der Waals surface area (Å²) in [5, 5.41) is 4.15. The van der Waals surface area contributed by atoms with E-state index in [4.69, 9.17) is 4.74 Å². The Morgan fingerprint density at radius 3 is 1.34 bits per heavy atom. The van der Waals surface area contributed by atoms with Crippen LogP contribution < -0.4 is 37.6 Å². The molecule has 0 aromatic heterocycles. The van der Waals surface area contributed by atoms with Crippen molar-refractivity contribution in [2.24, 2.45) is 0 Å². The number of benzene rings is 5. The molecule has 1 nitrogen and oxygen atoms in total. The molecule has 3 heteroatoms. The summed E-state index contributed by atoms with van der Waals surface area (Å²) in [4.78, 5) is 0. The van der Waals surface area contributed by atoms with E-state index >= 15 is 0 Å². The first-order chi connectivity index (χ1) is 16.8. The van der Waals surface area contributed by atoms with E-state index in [2.05, 4.69) is 116 Å². The van der Waals surface area contributed by atoms with Gasteiger partial charge in [-0.2, -0.15) is 0 Å². The fraction of sp³-hybridized carbons (Fsp3) is 0.0625. The summed E-state index contributed by atoms with van der Waals surface area (Å²) in [7, 11) is -2.02. The Hall–Kier alpha value is -3.19. The van der Waals surface area contributed by atoms with Gasteiger partial charge in [-0.05, 0) is 73.2 Å². The van der Waals surface area contributed by atoms with E-state index in [1.807, 2.05) is 36.4 Å². The van der Waals surface area contributed by atoms with Crippen LogP contribution in [0.15, 0.2) is 146 Å². The molecule has 35 heavy (non-hydrogen) atoms. The topological polar surface area (TPSA) is 9.23 Å². The molecule has 5 rings (SSSR count). The van der Waals surface area contributed by atoms with Gasteiger partial charge >= 0.3 is 0 Å². The van der Waals surface area contributed by atoms with Gasteiger partial charge in [-0.25, -0.2) is 0 Å². The third-order valence-electron chi connectivity index (χ3n) is 6.39. The van der Waals surface area contributed by atoms with Crippen LogP contribution in [0.5, 0.6) is 11.5 Å². The summed E-state index contributed by atoms with van der Waals surface area (Å²) in [6.07, 6.45) is 0. The fourth-order valence-corrected chi connectivity index (χ4v) is 9.56. The molecular weight excluding hydrogens is 511 g/mol. The highest BCUT2D eigenvalue weighted by molar-refractivity contribution is 7.95. The highest BCUT2D eigenvalue weighted by Gasteiger charge is 2.50. The zero-order valence-corrected chi connectivity index (χ0v) is 22.1. The maximum absolute atomic E-state index is 6.21. The third kappa shape index (κ3) is 5.10. The van der Waals surface area contributed by atoms with Gasteiger partial charge in [0.25, 0.3) is 0 Å². The summed E-state index contributed by atoms with van der Waals surface area (Å²) in [5.74, 6) is 1.71. The van der Waals surface area contributed by atoms with Crippen molar-refractivity contribution in [3.05, 3.63) is 151 Å². The highest BCUT2D eigenvalue weighted by atomic mass is 79.9. The molecular formula is C32H28BrOP. The van der Waals surface area contributed by atoms with Crippen LogP contribution in [0.3, 0.4) is 0 Å². The third-order valence-corrected chi connectivity index (χ3v) is 11.2. The molecule has 0 radical (unpaired) electrons. The summed E-state index contributed by atoms with van der Waals surface area (Å²) < 4.78 is 6.21. The fourth-order valence-electron chi connectivity index (χ4n) is 4.79. The number of hydrogen-bond donors (Lipinski definition) is 0. The Morgan fingerprint density at radius 1 is 0.486 bits per heavy atom. The normalized spacial score (nSPS) is 11.8. The first-order valence-corrected chi connectivity index (χ1v) is 13.5. The van der Waals surface area contributed by atoms with Crippen LogP contribution in [0.4, 0.5) is 0 Å². The largest absolute Gasteiger partial charge is 1.00 e. The molecule has 0 amide bonds. The highest BCUT2D eigenvalue weighted by Crippen LogP contribution is 2.66. The van der Waals surface area contributed by atoms with E-state index in [0.29, 0.717) is 0 Å². The number of hydrogen-bond acceptors (Lipinski definition) is 1. The van der Waals surface area contributed by atoms with Gasteiger partial charge in [0.1, 0.15) is 40.3 Å². The van der Waals surface area contributed by atoms with E-state index in [1.54, 1.807) is 0 Å². The molecule has 5 aromatic rings. The minimum atomic E-state index is -2.02. The van der Waals surface area contributed by atoms with Crippen LogP contribution in [0, 0.1) is 0 Å². The molecule has 0 bridgehead atoms. The smallest absolute Gasteiger partial charge is 0.127 e. The van der Waals surface area contributed by atoms with Crippen molar-refractivity contribution in [1.82, 2.24) is 0 Å². The van der Waals surface area contributed by atoms with Crippen LogP contribution in [-0.4, -0.2) is 0 Å². The minimum absolute atomic E-state index is 0. The van der Waals surface area contributed by atoms with Gasteiger partial charge in [0, 0.05) is 0 Å². The number of rotatable bonds is 7. The van der Waals surface area contributed by atoms with Crippen molar-refractivity contribution in [2.45, 2.75) is 12.6 Å². The van der Waals surface area contributed by atoms with Crippen molar-refractivity contribution in [3.8, 4) is 11.5 Å². The lowest BCUT2D eigenvalue weighted by atomic mass is 10.1. The molecule has 0 fully saturated rings. The Morgan fingerprint density at radius 2 is 0.886 bits per heavy atom. The summed E-state index contributed by atoms with van der Waals surface area (Å²) >= 11 is 0. The Labute approximate surface area is 219 Å². The first-order valence-electron chi connectivity index (χ1n) is 11.7. The molecule has 0 aliphatic rings. The molecule has 0 spiro atoms. The van der Waals surface area contributed by atoms with E-state index in [0.717, 1.165) is 11.5 Å². The van der Waals surface area contributed by atoms with Gasteiger partial charge in [0.15, 0.2) is 0 Å². The van der Waals surface area contributed by atoms with Crippen LogP contribution in [0.2, 0.25) is 0 Å². The molecule has 0 aliphatic carbocycles. The zero-order valence-electron chi connectivity index (χ0n) is 19.7. The number of halogens is 1. The lowest BCUT2D eigenvalue weighted by Crippen LogP contribution is -3.00. The lowest BCUT2D eigenvalue weighted by molar-refractivity contribution is -0.00000710. The second-order valence-corrected chi connectivity index (χ2v) is 12.2. The van der Waals surface area contributed by atoms with Gasteiger partial charge in [-0.1, -0.05) is 84.9 Å². The van der Waals surface area contributed by atoms with Gasteiger partial charge in [-0.3, -0.25) is 0 Å². The van der Waals surface area contributed by atoms with E-state index in [1.165, 1.54) is 21.5 Å². The lowest BCUT2D eigenvalue weighted by Gasteiger charge is -2.33. The Kier molecular flexibility index (Phi) is 8.18. The van der Waals surface area contributed by atoms with Gasteiger partial charge in [0.2, 0.25) is 0 Å². The molecule has 174 valence electrons. The van der Waals surface area contributed by atoms with Gasteiger partial charge in [0.05, 0.1) is 0 Å².